The van der Waals surface area contributed by atoms with Crippen molar-refractivity contribution in [2.45, 2.75) is 386 Å². The molecule has 6 heteroatoms. The van der Waals surface area contributed by atoms with Crippen molar-refractivity contribution in [3.8, 4) is 0 Å². The molecule has 3 N–H and O–H groups in total. The van der Waals surface area contributed by atoms with Gasteiger partial charge in [0.2, 0.25) is 5.91 Å². The summed E-state index contributed by atoms with van der Waals surface area (Å²) < 4.78 is 5.49. The molecule has 76 heavy (non-hydrogen) atoms. The van der Waals surface area contributed by atoms with E-state index >= 15 is 0 Å². The largest absolute Gasteiger partial charge is 0.466 e. The molecule has 2 unspecified atom stereocenters. The first-order valence-electron chi connectivity index (χ1n) is 34.2. The van der Waals surface area contributed by atoms with E-state index in [2.05, 4.69) is 55.6 Å². The molecule has 0 fully saturated rings. The number of esters is 1. The van der Waals surface area contributed by atoms with E-state index in [4.69, 9.17) is 4.74 Å². The third-order valence-corrected chi connectivity index (χ3v) is 15.9. The van der Waals surface area contributed by atoms with Crippen molar-refractivity contribution in [2.75, 3.05) is 13.2 Å². The number of amides is 1. The van der Waals surface area contributed by atoms with Crippen LogP contribution in [0.1, 0.15) is 373 Å². The van der Waals surface area contributed by atoms with Gasteiger partial charge in [-0.25, -0.2) is 0 Å². The van der Waals surface area contributed by atoms with Gasteiger partial charge >= 0.3 is 5.97 Å². The molecule has 0 aliphatic rings. The number of carbonyl (C=O) groups excluding carboxylic acids is 2. The summed E-state index contributed by atoms with van der Waals surface area (Å²) in [6.07, 6.45) is 83.1. The SMILES string of the molecule is CCCCCCCC/C=C\CCCCCCCCCC(=O)OCCCCCCCCCCC/C=C\C/C=C\CCCCCCCCCC(=O)NC(CO)C(O)CCCCCCCCCCCCCCCCCCCCC. The third kappa shape index (κ3) is 61.3. The number of ether oxygens (including phenoxy) is 1. The summed E-state index contributed by atoms with van der Waals surface area (Å²) in [7, 11) is 0. The fourth-order valence-electron chi connectivity index (χ4n) is 10.7. The topological polar surface area (TPSA) is 95.9 Å². The van der Waals surface area contributed by atoms with Crippen LogP contribution >= 0.6 is 0 Å². The van der Waals surface area contributed by atoms with Crippen LogP contribution < -0.4 is 5.32 Å². The first-order valence-corrected chi connectivity index (χ1v) is 34.2. The maximum Gasteiger partial charge on any atom is 0.305 e. The minimum absolute atomic E-state index is 0.00425. The van der Waals surface area contributed by atoms with Crippen LogP contribution in [0.25, 0.3) is 0 Å². The Morgan fingerprint density at radius 1 is 0.368 bits per heavy atom. The number of aliphatic hydroxyl groups excluding tert-OH is 2. The Morgan fingerprint density at radius 3 is 1.01 bits per heavy atom. The maximum absolute atomic E-state index is 12.5. The summed E-state index contributed by atoms with van der Waals surface area (Å²) in [5.41, 5.74) is 0. The van der Waals surface area contributed by atoms with E-state index < -0.39 is 12.1 Å². The molecular weight excluding hydrogens is 935 g/mol. The van der Waals surface area contributed by atoms with E-state index in [-0.39, 0.29) is 18.5 Å². The first kappa shape index (κ1) is 74.1. The van der Waals surface area contributed by atoms with E-state index in [9.17, 15) is 19.8 Å². The van der Waals surface area contributed by atoms with Crippen LogP contribution in [-0.2, 0) is 14.3 Å². The Labute approximate surface area is 474 Å². The van der Waals surface area contributed by atoms with Crippen LogP contribution in [0, 0.1) is 0 Å². The van der Waals surface area contributed by atoms with Gasteiger partial charge in [0, 0.05) is 12.8 Å². The van der Waals surface area contributed by atoms with Crippen molar-refractivity contribution >= 4 is 11.9 Å². The molecule has 0 aromatic heterocycles. The lowest BCUT2D eigenvalue weighted by atomic mass is 10.0. The number of hydrogen-bond donors (Lipinski definition) is 3. The third-order valence-electron chi connectivity index (χ3n) is 15.9. The molecule has 0 bridgehead atoms. The second kappa shape index (κ2) is 65.6. The van der Waals surface area contributed by atoms with E-state index in [0.717, 1.165) is 57.8 Å². The molecule has 0 aromatic carbocycles. The average Bonchev–Trinajstić information content (AvgIpc) is 3.42. The fraction of sp³-hybridized carbons (Fsp3) is 0.886. The zero-order chi connectivity index (χ0) is 55.0. The molecule has 0 aromatic rings. The monoisotopic (exact) mass is 1070 g/mol. The predicted octanol–water partition coefficient (Wildman–Crippen LogP) is 21.9. The van der Waals surface area contributed by atoms with Crippen molar-refractivity contribution in [1.29, 1.82) is 0 Å². The highest BCUT2D eigenvalue weighted by Gasteiger charge is 2.20. The summed E-state index contributed by atoms with van der Waals surface area (Å²) in [5.74, 6) is -0.0382. The van der Waals surface area contributed by atoms with Crippen LogP contribution in [0.5, 0.6) is 0 Å². The number of nitrogens with one attached hydrogen (secondary N) is 1. The highest BCUT2D eigenvalue weighted by Crippen LogP contribution is 2.18. The van der Waals surface area contributed by atoms with Gasteiger partial charge in [-0.05, 0) is 83.5 Å². The number of carbonyl (C=O) groups is 2. The van der Waals surface area contributed by atoms with Gasteiger partial charge in [-0.15, -0.1) is 0 Å². The van der Waals surface area contributed by atoms with Crippen LogP contribution in [0.4, 0.5) is 0 Å². The van der Waals surface area contributed by atoms with Crippen molar-refractivity contribution in [2.24, 2.45) is 0 Å². The van der Waals surface area contributed by atoms with Crippen LogP contribution in [0.2, 0.25) is 0 Å². The van der Waals surface area contributed by atoms with E-state index in [1.807, 2.05) is 0 Å². The molecule has 1 amide bonds. The number of hydrogen-bond acceptors (Lipinski definition) is 5. The normalized spacial score (nSPS) is 12.7. The highest BCUT2D eigenvalue weighted by molar-refractivity contribution is 5.76. The van der Waals surface area contributed by atoms with Gasteiger partial charge in [-0.3, -0.25) is 9.59 Å². The quantitative estimate of drug-likeness (QED) is 0.0320. The smallest absolute Gasteiger partial charge is 0.305 e. The van der Waals surface area contributed by atoms with Crippen LogP contribution in [-0.4, -0.2) is 47.4 Å². The van der Waals surface area contributed by atoms with Gasteiger partial charge in [-0.2, -0.15) is 0 Å². The van der Waals surface area contributed by atoms with Gasteiger partial charge in [-0.1, -0.05) is 314 Å². The van der Waals surface area contributed by atoms with Crippen LogP contribution in [0.15, 0.2) is 36.5 Å². The zero-order valence-electron chi connectivity index (χ0n) is 51.3. The molecule has 0 saturated carbocycles. The summed E-state index contributed by atoms with van der Waals surface area (Å²) in [5, 5.41) is 23.4. The Kier molecular flexibility index (Phi) is 63.9. The fourth-order valence-corrected chi connectivity index (χ4v) is 10.7. The Hall–Kier alpha value is -1.92. The Bertz CT molecular complexity index is 1230. The lowest BCUT2D eigenvalue weighted by molar-refractivity contribution is -0.143. The summed E-state index contributed by atoms with van der Waals surface area (Å²) in [4.78, 5) is 24.6. The van der Waals surface area contributed by atoms with Crippen molar-refractivity contribution in [1.82, 2.24) is 5.32 Å². The molecule has 448 valence electrons. The summed E-state index contributed by atoms with van der Waals surface area (Å²) >= 11 is 0. The molecule has 6 nitrogen and oxygen atoms in total. The summed E-state index contributed by atoms with van der Waals surface area (Å²) in [6, 6.07) is -0.550. The predicted molar refractivity (Wildman–Crippen MR) is 333 cm³/mol. The summed E-state index contributed by atoms with van der Waals surface area (Å²) in [6.45, 7) is 4.97. The van der Waals surface area contributed by atoms with E-state index in [1.54, 1.807) is 0 Å². The molecule has 0 aliphatic heterocycles. The Morgan fingerprint density at radius 2 is 0.658 bits per heavy atom. The second-order valence-electron chi connectivity index (χ2n) is 23.5. The zero-order valence-corrected chi connectivity index (χ0v) is 51.3. The van der Waals surface area contributed by atoms with Gasteiger partial charge in [0.05, 0.1) is 25.4 Å². The standard InChI is InChI=1S/C70H133NO5/c1-3-5-7-9-11-13-15-17-19-21-27-31-34-38-42-46-50-54-58-62-68(73)67(66-72)71-69(74)63-59-55-51-47-43-39-35-32-28-25-23-22-24-26-29-33-37-41-45-49-53-57-61-65-76-70(75)64-60-56-52-48-44-40-36-30-20-18-16-14-12-10-8-6-4-2/h18,20,22,24-25,28,67-68,72-73H,3-17,19,21,23,26-27,29-66H2,1-2H3,(H,71,74)/b20-18-,24-22-,28-25-. The number of allylic oxidation sites excluding steroid dienone is 6. The maximum atomic E-state index is 12.5. The number of aliphatic hydroxyl groups is 2. The molecule has 0 spiro atoms. The minimum Gasteiger partial charge on any atom is -0.466 e. The van der Waals surface area contributed by atoms with Crippen molar-refractivity contribution in [3.05, 3.63) is 36.5 Å². The number of rotatable bonds is 64. The van der Waals surface area contributed by atoms with Gasteiger partial charge in [0.25, 0.3) is 0 Å². The average molecular weight is 1070 g/mol. The molecular formula is C70H133NO5. The highest BCUT2D eigenvalue weighted by atomic mass is 16.5. The van der Waals surface area contributed by atoms with Crippen molar-refractivity contribution in [3.63, 3.8) is 0 Å². The lowest BCUT2D eigenvalue weighted by Gasteiger charge is -2.22. The van der Waals surface area contributed by atoms with E-state index in [0.29, 0.717) is 25.9 Å². The second-order valence-corrected chi connectivity index (χ2v) is 23.5. The molecule has 0 rings (SSSR count). The van der Waals surface area contributed by atoms with E-state index in [1.165, 1.54) is 283 Å². The molecule has 0 heterocycles. The molecule has 2 atom stereocenters. The number of unbranched alkanes of at least 4 members (excludes halogenated alkanes) is 47. The van der Waals surface area contributed by atoms with Gasteiger partial charge in [0.15, 0.2) is 0 Å². The van der Waals surface area contributed by atoms with Crippen molar-refractivity contribution < 1.29 is 24.5 Å². The van der Waals surface area contributed by atoms with Gasteiger partial charge < -0.3 is 20.3 Å². The van der Waals surface area contributed by atoms with Crippen LogP contribution in [0.3, 0.4) is 0 Å². The molecule has 0 aliphatic carbocycles. The lowest BCUT2D eigenvalue weighted by Crippen LogP contribution is -2.45. The first-order chi connectivity index (χ1) is 37.5. The van der Waals surface area contributed by atoms with Gasteiger partial charge in [0.1, 0.15) is 0 Å². The molecule has 0 saturated heterocycles. The minimum atomic E-state index is -0.672. The molecule has 0 radical (unpaired) electrons. The Balaban J connectivity index is 3.44.